The molecule has 0 aliphatic carbocycles. The fourth-order valence-corrected chi connectivity index (χ4v) is 6.95. The molecule has 3 heterocycles. The molecule has 0 bridgehead atoms. The number of hydrogen-bond donors (Lipinski definition) is 0. The molecule has 0 saturated carbocycles. The highest BCUT2D eigenvalue weighted by Crippen LogP contribution is 2.43. The third-order valence-electron chi connectivity index (χ3n) is 8.83. The van der Waals surface area contributed by atoms with Crippen LogP contribution in [-0.2, 0) is 0 Å². The number of hydrogen-bond acceptors (Lipinski definition) is 1. The largest absolute Gasteiger partial charge is 0.309 e. The lowest BCUT2D eigenvalue weighted by Gasteiger charge is -2.11. The van der Waals surface area contributed by atoms with Crippen molar-refractivity contribution >= 4 is 43.6 Å². The summed E-state index contributed by atoms with van der Waals surface area (Å²) in [6.07, 6.45) is 3.89. The van der Waals surface area contributed by atoms with Gasteiger partial charge >= 0.3 is 0 Å². The van der Waals surface area contributed by atoms with Crippen LogP contribution in [0.2, 0.25) is 0 Å². The van der Waals surface area contributed by atoms with Crippen molar-refractivity contribution in [1.82, 2.24) is 14.1 Å². The van der Waals surface area contributed by atoms with Gasteiger partial charge in [0, 0.05) is 39.1 Å². The lowest BCUT2D eigenvalue weighted by molar-refractivity contribution is 1.17. The van der Waals surface area contributed by atoms with Crippen molar-refractivity contribution in [2.24, 2.45) is 0 Å². The van der Waals surface area contributed by atoms with Crippen molar-refractivity contribution in [2.45, 2.75) is 0 Å². The van der Waals surface area contributed by atoms with Crippen molar-refractivity contribution in [1.29, 1.82) is 0 Å². The van der Waals surface area contributed by atoms with E-state index >= 15 is 0 Å². The molecule has 0 fully saturated rings. The molecule has 0 atom stereocenters. The summed E-state index contributed by atoms with van der Waals surface area (Å²) in [5, 5.41) is 4.95. The van der Waals surface area contributed by atoms with Gasteiger partial charge in [0.1, 0.15) is 0 Å². The summed E-state index contributed by atoms with van der Waals surface area (Å²) < 4.78 is 4.74. The van der Waals surface area contributed by atoms with Crippen LogP contribution in [0.5, 0.6) is 0 Å². The number of pyridine rings is 1. The van der Waals surface area contributed by atoms with Gasteiger partial charge in [-0.15, -0.1) is 0 Å². The summed E-state index contributed by atoms with van der Waals surface area (Å²) in [5.74, 6) is 0. The van der Waals surface area contributed by atoms with Crippen LogP contribution in [0, 0.1) is 0 Å². The highest BCUT2D eigenvalue weighted by molar-refractivity contribution is 6.22. The van der Waals surface area contributed by atoms with Crippen molar-refractivity contribution < 1.29 is 0 Å². The topological polar surface area (TPSA) is 22.8 Å². The number of para-hydroxylation sites is 2. The van der Waals surface area contributed by atoms with Crippen molar-refractivity contribution in [2.75, 3.05) is 0 Å². The monoisotopic (exact) mass is 561 g/mol. The molecule has 206 valence electrons. The summed E-state index contributed by atoms with van der Waals surface area (Å²) in [7, 11) is 0. The molecule has 3 aromatic heterocycles. The van der Waals surface area contributed by atoms with Gasteiger partial charge in [-0.05, 0) is 70.8 Å². The van der Waals surface area contributed by atoms with Crippen LogP contribution in [0.1, 0.15) is 0 Å². The summed E-state index contributed by atoms with van der Waals surface area (Å²) in [5.41, 5.74) is 11.8. The van der Waals surface area contributed by atoms with Crippen LogP contribution in [-0.4, -0.2) is 14.1 Å². The average molecular weight is 562 g/mol. The molecule has 0 N–H and O–H groups in total. The Bertz CT molecular complexity index is 2470. The van der Waals surface area contributed by atoms with E-state index in [9.17, 15) is 0 Å². The highest BCUT2D eigenvalue weighted by atomic mass is 15.0. The zero-order valence-electron chi connectivity index (χ0n) is 23.9. The first-order chi connectivity index (χ1) is 21.9. The van der Waals surface area contributed by atoms with Crippen LogP contribution >= 0.6 is 0 Å². The molecule has 0 radical (unpaired) electrons. The molecule has 0 aliphatic heterocycles. The molecule has 0 spiro atoms. The van der Waals surface area contributed by atoms with E-state index in [0.717, 1.165) is 16.9 Å². The Morgan fingerprint density at radius 3 is 1.59 bits per heavy atom. The normalized spacial score (nSPS) is 11.6. The second-order valence-corrected chi connectivity index (χ2v) is 11.2. The predicted octanol–water partition coefficient (Wildman–Crippen LogP) is 10.6. The van der Waals surface area contributed by atoms with Crippen LogP contribution in [0.15, 0.2) is 164 Å². The van der Waals surface area contributed by atoms with Crippen LogP contribution in [0.25, 0.3) is 77.2 Å². The molecule has 9 aromatic rings. The number of fused-ring (bicyclic) bond motifs is 6. The zero-order chi connectivity index (χ0) is 29.0. The Kier molecular flexibility index (Phi) is 5.50. The number of nitrogens with zero attached hydrogens (tertiary/aromatic N) is 3. The molecule has 0 saturated heterocycles. The van der Waals surface area contributed by atoms with E-state index in [2.05, 4.69) is 166 Å². The first-order valence-corrected chi connectivity index (χ1v) is 15.0. The minimum atomic E-state index is 1.11. The average Bonchev–Trinajstić information content (AvgIpc) is 3.62. The lowest BCUT2D eigenvalue weighted by atomic mass is 9.95. The molecule has 3 nitrogen and oxygen atoms in total. The van der Waals surface area contributed by atoms with Crippen LogP contribution in [0.4, 0.5) is 0 Å². The summed E-state index contributed by atoms with van der Waals surface area (Å²) in [6, 6.07) is 54.4. The van der Waals surface area contributed by atoms with E-state index < -0.39 is 0 Å². The zero-order valence-corrected chi connectivity index (χ0v) is 23.9. The molecule has 3 heteroatoms. The second kappa shape index (κ2) is 9.82. The van der Waals surface area contributed by atoms with Gasteiger partial charge < -0.3 is 9.13 Å². The molecule has 0 unspecified atom stereocenters. The van der Waals surface area contributed by atoms with Gasteiger partial charge in [-0.1, -0.05) is 103 Å². The van der Waals surface area contributed by atoms with Crippen molar-refractivity contribution in [3.8, 4) is 33.6 Å². The summed E-state index contributed by atoms with van der Waals surface area (Å²) >= 11 is 0. The van der Waals surface area contributed by atoms with Gasteiger partial charge in [-0.3, -0.25) is 4.98 Å². The molecule has 0 amide bonds. The van der Waals surface area contributed by atoms with Crippen molar-refractivity contribution in [3.63, 3.8) is 0 Å². The van der Waals surface area contributed by atoms with Crippen LogP contribution in [0.3, 0.4) is 0 Å². The van der Waals surface area contributed by atoms with Gasteiger partial charge in [0.25, 0.3) is 0 Å². The summed E-state index contributed by atoms with van der Waals surface area (Å²) in [6.45, 7) is 0. The minimum absolute atomic E-state index is 1.11. The first kappa shape index (κ1) is 24.6. The quantitative estimate of drug-likeness (QED) is 0.210. The Morgan fingerprint density at radius 1 is 0.364 bits per heavy atom. The highest BCUT2D eigenvalue weighted by Gasteiger charge is 2.20. The van der Waals surface area contributed by atoms with E-state index in [1.54, 1.807) is 0 Å². The van der Waals surface area contributed by atoms with E-state index in [1.165, 1.54) is 60.3 Å². The molecule has 44 heavy (non-hydrogen) atoms. The third kappa shape index (κ3) is 3.66. The fourth-order valence-electron chi connectivity index (χ4n) is 6.95. The maximum absolute atomic E-state index is 4.53. The number of aromatic nitrogens is 3. The van der Waals surface area contributed by atoms with Gasteiger partial charge in [-0.2, -0.15) is 0 Å². The standard InChI is InChI=1S/C41H27N3/c1-3-11-28(12-4-1)29-21-23-31(24-22-29)43-36-18-8-7-15-34(36)40-32(16-9-19-37(40)43)33-17-10-20-38-41(33)35-25-26-42-27-39(35)44(38)30-13-5-2-6-14-30/h1-27H. The Morgan fingerprint density at radius 2 is 0.886 bits per heavy atom. The van der Waals surface area contributed by atoms with E-state index in [-0.39, 0.29) is 0 Å². The molecular formula is C41H27N3. The Hall–Kier alpha value is -5.93. The van der Waals surface area contributed by atoms with Crippen molar-refractivity contribution in [3.05, 3.63) is 164 Å². The third-order valence-corrected chi connectivity index (χ3v) is 8.83. The van der Waals surface area contributed by atoms with Crippen LogP contribution < -0.4 is 0 Å². The Labute approximate surface area is 254 Å². The van der Waals surface area contributed by atoms with Gasteiger partial charge in [0.05, 0.1) is 28.3 Å². The maximum Gasteiger partial charge on any atom is 0.0724 e. The van der Waals surface area contributed by atoms with E-state index in [1.807, 2.05) is 12.4 Å². The smallest absolute Gasteiger partial charge is 0.0724 e. The fraction of sp³-hybridized carbons (Fsp3) is 0. The summed E-state index contributed by atoms with van der Waals surface area (Å²) in [4.78, 5) is 4.53. The first-order valence-electron chi connectivity index (χ1n) is 15.0. The molecule has 0 aliphatic rings. The number of rotatable bonds is 4. The van der Waals surface area contributed by atoms with E-state index in [4.69, 9.17) is 0 Å². The maximum atomic E-state index is 4.53. The lowest BCUT2D eigenvalue weighted by Crippen LogP contribution is -1.94. The molecular weight excluding hydrogens is 534 g/mol. The minimum Gasteiger partial charge on any atom is -0.309 e. The SMILES string of the molecule is c1ccc(-c2ccc(-n3c4ccccc4c4c(-c5cccc6c5c5ccncc5n6-c5ccccc5)cccc43)cc2)cc1. The second-order valence-electron chi connectivity index (χ2n) is 11.2. The predicted molar refractivity (Wildman–Crippen MR) is 184 cm³/mol. The molecule has 9 rings (SSSR count). The Balaban J connectivity index is 1.32. The number of benzene rings is 6. The van der Waals surface area contributed by atoms with Gasteiger partial charge in [-0.25, -0.2) is 0 Å². The van der Waals surface area contributed by atoms with Gasteiger partial charge in [0.2, 0.25) is 0 Å². The van der Waals surface area contributed by atoms with E-state index in [0.29, 0.717) is 0 Å². The van der Waals surface area contributed by atoms with Gasteiger partial charge in [0.15, 0.2) is 0 Å². The molecule has 6 aromatic carbocycles.